The monoisotopic (exact) mass is 360 g/mol. The van der Waals surface area contributed by atoms with Crippen molar-refractivity contribution in [1.82, 2.24) is 10.2 Å². The van der Waals surface area contributed by atoms with Crippen molar-refractivity contribution in [3.05, 3.63) is 65.2 Å². The van der Waals surface area contributed by atoms with Gasteiger partial charge in [0.15, 0.2) is 6.10 Å². The molecule has 2 rings (SSSR count). The van der Waals surface area contributed by atoms with Gasteiger partial charge in [-0.25, -0.2) is 0 Å². The maximum absolute atomic E-state index is 12.3. The van der Waals surface area contributed by atoms with E-state index >= 15 is 0 Å². The van der Waals surface area contributed by atoms with Crippen LogP contribution in [0.2, 0.25) is 5.02 Å². The first kappa shape index (κ1) is 19.3. The number of hydrogen-bond donors (Lipinski definition) is 1. The van der Waals surface area contributed by atoms with Gasteiger partial charge in [-0.3, -0.25) is 4.79 Å². The van der Waals surface area contributed by atoms with E-state index in [0.29, 0.717) is 17.3 Å². The predicted octanol–water partition coefficient (Wildman–Crippen LogP) is 3.40. The molecule has 0 fully saturated rings. The number of rotatable bonds is 8. The van der Waals surface area contributed by atoms with E-state index in [-0.39, 0.29) is 11.9 Å². The molecule has 2 unspecified atom stereocenters. The number of amides is 1. The van der Waals surface area contributed by atoms with Gasteiger partial charge in [0.25, 0.3) is 5.91 Å². The third-order valence-corrected chi connectivity index (χ3v) is 4.27. The van der Waals surface area contributed by atoms with E-state index in [1.807, 2.05) is 32.3 Å². The van der Waals surface area contributed by atoms with Crippen LogP contribution in [0, 0.1) is 0 Å². The Morgan fingerprint density at radius 2 is 1.88 bits per heavy atom. The second-order valence-corrected chi connectivity index (χ2v) is 6.71. The molecule has 4 nitrogen and oxygen atoms in total. The normalized spacial score (nSPS) is 13.3. The molecule has 134 valence electrons. The maximum atomic E-state index is 12.3. The van der Waals surface area contributed by atoms with E-state index < -0.39 is 6.10 Å². The third kappa shape index (κ3) is 6.40. The highest BCUT2D eigenvalue weighted by Crippen LogP contribution is 2.18. The molecule has 25 heavy (non-hydrogen) atoms. The Labute approximate surface area is 154 Å². The molecule has 0 radical (unpaired) electrons. The van der Waals surface area contributed by atoms with Crippen molar-refractivity contribution in [3.8, 4) is 5.75 Å². The second kappa shape index (κ2) is 9.44. The van der Waals surface area contributed by atoms with Crippen molar-refractivity contribution < 1.29 is 9.53 Å². The summed E-state index contributed by atoms with van der Waals surface area (Å²) in [6, 6.07) is 17.5. The number of likely N-dealkylation sites (N-methyl/N-ethyl adjacent to an activating group) is 1. The average Bonchev–Trinajstić information content (AvgIpc) is 2.59. The summed E-state index contributed by atoms with van der Waals surface area (Å²) >= 11 is 5.94. The fraction of sp³-hybridized carbons (Fsp3) is 0.350. The Morgan fingerprint density at radius 1 is 1.16 bits per heavy atom. The maximum Gasteiger partial charge on any atom is 0.260 e. The predicted molar refractivity (Wildman–Crippen MR) is 102 cm³/mol. The summed E-state index contributed by atoms with van der Waals surface area (Å²) in [6.45, 7) is 2.29. The number of halogens is 1. The molecular formula is C20H25ClN2O2. The Kier molecular flexibility index (Phi) is 7.29. The van der Waals surface area contributed by atoms with Crippen molar-refractivity contribution in [2.24, 2.45) is 0 Å². The van der Waals surface area contributed by atoms with Crippen molar-refractivity contribution in [2.45, 2.75) is 25.5 Å². The molecule has 0 aromatic heterocycles. The standard InChI is InChI=1S/C20H25ClN2O2/c1-15(25-19-11-7-10-17(21)13-19)20(24)22-14-18(23(2)3)12-16-8-5-4-6-9-16/h4-11,13,15,18H,12,14H2,1-3H3,(H,22,24). The second-order valence-electron chi connectivity index (χ2n) is 6.27. The highest BCUT2D eigenvalue weighted by molar-refractivity contribution is 6.30. The molecule has 2 aromatic carbocycles. The Balaban J connectivity index is 1.87. The van der Waals surface area contributed by atoms with Crippen LogP contribution >= 0.6 is 11.6 Å². The molecule has 0 aliphatic heterocycles. The zero-order chi connectivity index (χ0) is 18.2. The van der Waals surface area contributed by atoms with Crippen LogP contribution in [0.15, 0.2) is 54.6 Å². The summed E-state index contributed by atoms with van der Waals surface area (Å²) in [4.78, 5) is 14.4. The van der Waals surface area contributed by atoms with Crippen LogP contribution in [-0.4, -0.2) is 43.6 Å². The van der Waals surface area contributed by atoms with Gasteiger partial charge in [-0.15, -0.1) is 0 Å². The van der Waals surface area contributed by atoms with Gasteiger partial charge in [0.1, 0.15) is 5.75 Å². The first-order valence-corrected chi connectivity index (χ1v) is 8.74. The van der Waals surface area contributed by atoms with Gasteiger partial charge in [0, 0.05) is 17.6 Å². The number of carbonyl (C=O) groups excluding carboxylic acids is 1. The van der Waals surface area contributed by atoms with Crippen LogP contribution in [0.4, 0.5) is 0 Å². The lowest BCUT2D eigenvalue weighted by molar-refractivity contribution is -0.127. The zero-order valence-electron chi connectivity index (χ0n) is 14.9. The largest absolute Gasteiger partial charge is 0.481 e. The van der Waals surface area contributed by atoms with Crippen molar-refractivity contribution in [1.29, 1.82) is 0 Å². The SMILES string of the molecule is CC(Oc1cccc(Cl)c1)C(=O)NCC(Cc1ccccc1)N(C)C. The molecule has 1 amide bonds. The molecule has 0 saturated carbocycles. The lowest BCUT2D eigenvalue weighted by Gasteiger charge is -2.25. The quantitative estimate of drug-likeness (QED) is 0.784. The van der Waals surface area contributed by atoms with Crippen molar-refractivity contribution in [3.63, 3.8) is 0 Å². The lowest BCUT2D eigenvalue weighted by atomic mass is 10.1. The van der Waals surface area contributed by atoms with Crippen LogP contribution in [0.5, 0.6) is 5.75 Å². The van der Waals surface area contributed by atoms with Gasteiger partial charge in [-0.2, -0.15) is 0 Å². The van der Waals surface area contributed by atoms with Gasteiger partial charge in [0.05, 0.1) is 0 Å². The van der Waals surface area contributed by atoms with E-state index in [1.165, 1.54) is 5.56 Å². The fourth-order valence-corrected chi connectivity index (χ4v) is 2.66. The van der Waals surface area contributed by atoms with Crippen LogP contribution in [0.1, 0.15) is 12.5 Å². The number of benzene rings is 2. The topological polar surface area (TPSA) is 41.6 Å². The summed E-state index contributed by atoms with van der Waals surface area (Å²) in [6.07, 6.45) is 0.287. The molecule has 0 aliphatic carbocycles. The molecule has 0 saturated heterocycles. The molecule has 2 atom stereocenters. The van der Waals surface area contributed by atoms with E-state index in [2.05, 4.69) is 22.3 Å². The molecular weight excluding hydrogens is 336 g/mol. The number of nitrogens with one attached hydrogen (secondary N) is 1. The Morgan fingerprint density at radius 3 is 2.52 bits per heavy atom. The minimum atomic E-state index is -0.585. The summed E-state index contributed by atoms with van der Waals surface area (Å²) < 4.78 is 5.66. The van der Waals surface area contributed by atoms with Crippen LogP contribution < -0.4 is 10.1 Å². The molecule has 0 spiro atoms. The zero-order valence-corrected chi connectivity index (χ0v) is 15.7. The van der Waals surface area contributed by atoms with E-state index in [0.717, 1.165) is 6.42 Å². The molecule has 0 bridgehead atoms. The third-order valence-electron chi connectivity index (χ3n) is 4.03. The lowest BCUT2D eigenvalue weighted by Crippen LogP contribution is -2.45. The molecule has 5 heteroatoms. The van der Waals surface area contributed by atoms with Gasteiger partial charge < -0.3 is 15.0 Å². The number of nitrogens with zero attached hydrogens (tertiary/aromatic N) is 1. The summed E-state index contributed by atoms with van der Waals surface area (Å²) in [5.41, 5.74) is 1.25. The first-order valence-electron chi connectivity index (χ1n) is 8.36. The fourth-order valence-electron chi connectivity index (χ4n) is 2.48. The number of carbonyl (C=O) groups is 1. The van der Waals surface area contributed by atoms with Gasteiger partial charge in [-0.05, 0) is 51.2 Å². The highest BCUT2D eigenvalue weighted by atomic mass is 35.5. The van der Waals surface area contributed by atoms with Crippen LogP contribution in [-0.2, 0) is 11.2 Å². The highest BCUT2D eigenvalue weighted by Gasteiger charge is 2.18. The molecule has 2 aromatic rings. The average molecular weight is 361 g/mol. The van der Waals surface area contributed by atoms with Crippen LogP contribution in [0.3, 0.4) is 0 Å². The minimum Gasteiger partial charge on any atom is -0.481 e. The van der Waals surface area contributed by atoms with Crippen molar-refractivity contribution in [2.75, 3.05) is 20.6 Å². The first-order chi connectivity index (χ1) is 12.0. The van der Waals surface area contributed by atoms with Gasteiger partial charge in [0.2, 0.25) is 0 Å². The summed E-state index contributed by atoms with van der Waals surface area (Å²) in [7, 11) is 4.04. The molecule has 1 N–H and O–H groups in total. The Bertz CT molecular complexity index is 676. The summed E-state index contributed by atoms with van der Waals surface area (Å²) in [5, 5.41) is 3.56. The van der Waals surface area contributed by atoms with E-state index in [1.54, 1.807) is 31.2 Å². The van der Waals surface area contributed by atoms with E-state index in [9.17, 15) is 4.79 Å². The van der Waals surface area contributed by atoms with E-state index in [4.69, 9.17) is 16.3 Å². The Hall–Kier alpha value is -2.04. The number of hydrogen-bond acceptors (Lipinski definition) is 3. The van der Waals surface area contributed by atoms with Crippen molar-refractivity contribution >= 4 is 17.5 Å². The smallest absolute Gasteiger partial charge is 0.260 e. The van der Waals surface area contributed by atoms with Gasteiger partial charge >= 0.3 is 0 Å². The molecule has 0 heterocycles. The van der Waals surface area contributed by atoms with Gasteiger partial charge in [-0.1, -0.05) is 48.0 Å². The number of ether oxygens (including phenoxy) is 1. The summed E-state index contributed by atoms with van der Waals surface area (Å²) in [5.74, 6) is 0.448. The minimum absolute atomic E-state index is 0.139. The van der Waals surface area contributed by atoms with Crippen LogP contribution in [0.25, 0.3) is 0 Å². The molecule has 0 aliphatic rings.